The summed E-state index contributed by atoms with van der Waals surface area (Å²) >= 11 is 9.14. The summed E-state index contributed by atoms with van der Waals surface area (Å²) in [6, 6.07) is 8.71. The van der Waals surface area contributed by atoms with Crippen LogP contribution >= 0.6 is 27.5 Å². The van der Waals surface area contributed by atoms with Gasteiger partial charge in [-0.2, -0.15) is 0 Å². The summed E-state index contributed by atoms with van der Waals surface area (Å²) in [5.41, 5.74) is 0.310. The number of benzene rings is 2. The van der Waals surface area contributed by atoms with Crippen LogP contribution in [0.15, 0.2) is 40.9 Å². The van der Waals surface area contributed by atoms with Crippen LogP contribution in [0.4, 0.5) is 4.39 Å². The fourth-order valence-corrected chi connectivity index (χ4v) is 2.15. The van der Waals surface area contributed by atoms with Crippen LogP contribution in [0.1, 0.15) is 15.9 Å². The van der Waals surface area contributed by atoms with Crippen molar-refractivity contribution >= 4 is 33.5 Å². The van der Waals surface area contributed by atoms with Gasteiger partial charge in [0.25, 0.3) is 0 Å². The van der Waals surface area contributed by atoms with Gasteiger partial charge in [-0.3, -0.25) is 0 Å². The third-order valence-electron chi connectivity index (χ3n) is 2.61. The van der Waals surface area contributed by atoms with Crippen LogP contribution in [-0.4, -0.2) is 11.1 Å². The number of ether oxygens (including phenoxy) is 1. The fourth-order valence-electron chi connectivity index (χ4n) is 1.57. The number of rotatable bonds is 4. The van der Waals surface area contributed by atoms with Gasteiger partial charge in [0.1, 0.15) is 18.2 Å². The topological polar surface area (TPSA) is 46.5 Å². The Labute approximate surface area is 128 Å². The van der Waals surface area contributed by atoms with Crippen molar-refractivity contribution in [3.8, 4) is 5.75 Å². The highest BCUT2D eigenvalue weighted by Crippen LogP contribution is 2.28. The largest absolute Gasteiger partial charge is 0.488 e. The lowest BCUT2D eigenvalue weighted by Gasteiger charge is -2.10. The summed E-state index contributed by atoms with van der Waals surface area (Å²) in [5, 5.41) is 9.18. The highest BCUT2D eigenvalue weighted by Gasteiger charge is 2.11. The van der Waals surface area contributed by atoms with Gasteiger partial charge in [-0.25, -0.2) is 9.18 Å². The highest BCUT2D eigenvalue weighted by atomic mass is 79.9. The highest BCUT2D eigenvalue weighted by molar-refractivity contribution is 9.10. The summed E-state index contributed by atoms with van der Waals surface area (Å²) < 4.78 is 19.6. The van der Waals surface area contributed by atoms with Crippen LogP contribution in [0, 0.1) is 5.82 Å². The van der Waals surface area contributed by atoms with Gasteiger partial charge in [0.2, 0.25) is 0 Å². The number of hydrogen-bond donors (Lipinski definition) is 1. The number of aromatic carboxylic acids is 1. The van der Waals surface area contributed by atoms with Crippen LogP contribution in [0.3, 0.4) is 0 Å². The summed E-state index contributed by atoms with van der Waals surface area (Å²) in [4.78, 5) is 10.9. The average Bonchev–Trinajstić information content (AvgIpc) is 2.39. The van der Waals surface area contributed by atoms with E-state index in [9.17, 15) is 9.18 Å². The molecule has 0 bridgehead atoms. The molecule has 0 radical (unpaired) electrons. The second kappa shape index (κ2) is 6.24. The zero-order chi connectivity index (χ0) is 14.7. The zero-order valence-electron chi connectivity index (χ0n) is 10.1. The number of halogens is 3. The number of carboxylic acid groups (broad SMARTS) is 1. The number of carboxylic acids is 1. The van der Waals surface area contributed by atoms with E-state index in [1.54, 1.807) is 12.1 Å². The molecule has 0 saturated carbocycles. The Bertz CT molecular complexity index is 641. The molecule has 0 saturated heterocycles. The van der Waals surface area contributed by atoms with Crippen LogP contribution in [0.25, 0.3) is 0 Å². The van der Waals surface area contributed by atoms with Gasteiger partial charge >= 0.3 is 5.97 Å². The maximum atomic E-state index is 13.6. The van der Waals surface area contributed by atoms with Crippen LogP contribution < -0.4 is 4.74 Å². The average molecular weight is 360 g/mol. The SMILES string of the molecule is O=C(O)c1ccc(Br)c(OCc2c(F)cccc2Cl)c1. The predicted molar refractivity (Wildman–Crippen MR) is 76.8 cm³/mol. The van der Waals surface area contributed by atoms with Gasteiger partial charge < -0.3 is 9.84 Å². The molecule has 0 atom stereocenters. The van der Waals surface area contributed by atoms with E-state index < -0.39 is 11.8 Å². The minimum atomic E-state index is -1.06. The lowest BCUT2D eigenvalue weighted by Crippen LogP contribution is -2.02. The lowest BCUT2D eigenvalue weighted by atomic mass is 10.2. The molecule has 0 unspecified atom stereocenters. The van der Waals surface area contributed by atoms with Crippen molar-refractivity contribution in [1.29, 1.82) is 0 Å². The Hall–Kier alpha value is -1.59. The van der Waals surface area contributed by atoms with Crippen molar-refractivity contribution in [3.63, 3.8) is 0 Å². The van der Waals surface area contributed by atoms with Gasteiger partial charge in [0.05, 0.1) is 15.1 Å². The summed E-state index contributed by atoms with van der Waals surface area (Å²) in [6.45, 7) is -0.0901. The third-order valence-corrected chi connectivity index (χ3v) is 3.62. The minimum absolute atomic E-state index is 0.0860. The molecule has 0 amide bonds. The Balaban J connectivity index is 2.23. The summed E-state index contributed by atoms with van der Waals surface area (Å²) in [5.74, 6) is -1.22. The van der Waals surface area contributed by atoms with Crippen molar-refractivity contribution in [2.75, 3.05) is 0 Å². The van der Waals surface area contributed by atoms with Gasteiger partial charge in [0, 0.05) is 5.56 Å². The van der Waals surface area contributed by atoms with E-state index in [0.29, 0.717) is 10.2 Å². The Morgan fingerprint density at radius 3 is 2.75 bits per heavy atom. The third kappa shape index (κ3) is 3.29. The van der Waals surface area contributed by atoms with Crippen molar-refractivity contribution in [2.45, 2.75) is 6.61 Å². The van der Waals surface area contributed by atoms with Crippen LogP contribution in [0.5, 0.6) is 5.75 Å². The first-order valence-electron chi connectivity index (χ1n) is 5.57. The van der Waals surface area contributed by atoms with E-state index >= 15 is 0 Å². The molecule has 0 aliphatic heterocycles. The number of hydrogen-bond acceptors (Lipinski definition) is 2. The van der Waals surface area contributed by atoms with Crippen molar-refractivity contribution in [1.82, 2.24) is 0 Å². The molecule has 2 rings (SSSR count). The maximum Gasteiger partial charge on any atom is 0.335 e. The van der Waals surface area contributed by atoms with Crippen molar-refractivity contribution < 1.29 is 19.0 Å². The molecule has 0 spiro atoms. The van der Waals surface area contributed by atoms with Gasteiger partial charge in [-0.1, -0.05) is 17.7 Å². The second-order valence-electron chi connectivity index (χ2n) is 3.94. The molecule has 2 aromatic rings. The van der Waals surface area contributed by atoms with Gasteiger partial charge in [-0.05, 0) is 46.3 Å². The standard InChI is InChI=1S/C14H9BrClFO3/c15-10-5-4-8(14(18)19)6-13(10)20-7-9-11(16)2-1-3-12(9)17/h1-6H,7H2,(H,18,19). The van der Waals surface area contributed by atoms with Gasteiger partial charge in [-0.15, -0.1) is 0 Å². The summed E-state index contributed by atoms with van der Waals surface area (Å²) in [6.07, 6.45) is 0. The maximum absolute atomic E-state index is 13.6. The number of carbonyl (C=O) groups is 1. The minimum Gasteiger partial charge on any atom is -0.488 e. The molecular weight excluding hydrogens is 351 g/mol. The molecule has 1 N–H and O–H groups in total. The van der Waals surface area contributed by atoms with Crippen LogP contribution in [0.2, 0.25) is 5.02 Å². The Kier molecular flexibility index (Phi) is 4.62. The van der Waals surface area contributed by atoms with Crippen LogP contribution in [-0.2, 0) is 6.61 Å². The van der Waals surface area contributed by atoms with E-state index in [1.165, 1.54) is 24.3 Å². The second-order valence-corrected chi connectivity index (χ2v) is 5.20. The van der Waals surface area contributed by atoms with Crippen molar-refractivity contribution in [3.05, 3.63) is 62.8 Å². The molecule has 2 aromatic carbocycles. The van der Waals surface area contributed by atoms with E-state index in [-0.39, 0.29) is 22.8 Å². The molecule has 0 heterocycles. The molecule has 20 heavy (non-hydrogen) atoms. The molecule has 3 nitrogen and oxygen atoms in total. The first kappa shape index (κ1) is 14.8. The molecule has 0 aliphatic rings. The van der Waals surface area contributed by atoms with E-state index in [0.717, 1.165) is 0 Å². The van der Waals surface area contributed by atoms with Gasteiger partial charge in [0.15, 0.2) is 0 Å². The molecule has 0 fully saturated rings. The first-order valence-corrected chi connectivity index (χ1v) is 6.74. The Morgan fingerprint density at radius 1 is 1.35 bits per heavy atom. The van der Waals surface area contributed by atoms with E-state index in [4.69, 9.17) is 21.4 Å². The molecule has 0 aliphatic carbocycles. The molecule has 6 heteroatoms. The van der Waals surface area contributed by atoms with E-state index in [1.807, 2.05) is 0 Å². The monoisotopic (exact) mass is 358 g/mol. The smallest absolute Gasteiger partial charge is 0.335 e. The zero-order valence-corrected chi connectivity index (χ0v) is 12.4. The molecule has 104 valence electrons. The fraction of sp³-hybridized carbons (Fsp3) is 0.0714. The quantitative estimate of drug-likeness (QED) is 0.873. The summed E-state index contributed by atoms with van der Waals surface area (Å²) in [7, 11) is 0. The van der Waals surface area contributed by atoms with Crippen molar-refractivity contribution in [2.24, 2.45) is 0 Å². The first-order chi connectivity index (χ1) is 9.49. The lowest BCUT2D eigenvalue weighted by molar-refractivity contribution is 0.0696. The predicted octanol–water partition coefficient (Wildman–Crippen LogP) is 4.52. The normalized spacial score (nSPS) is 10.3. The van der Waals surface area contributed by atoms with E-state index in [2.05, 4.69) is 15.9 Å². The molecule has 0 aromatic heterocycles. The Morgan fingerprint density at radius 2 is 2.10 bits per heavy atom. The molecular formula is C14H9BrClFO3.